The summed E-state index contributed by atoms with van der Waals surface area (Å²) in [6, 6.07) is 21.5. The Labute approximate surface area is 312 Å². The first-order chi connectivity index (χ1) is 25.2. The minimum atomic E-state index is -1.38. The molecule has 0 spiro atoms. The standard InChI is InChI=1S/C41H54N4O8/c1-7-27(6)38(40(50)45-37(26(4)5)41(51)52)44-35(48)24-33(46)32(22-28-15-10-8-11-16-28)42-39(49)36(25(2)3)43-34(47)23-29-17-14-20-31(21-29)53-30-18-12-9-13-19-30/h8-21,25-27,32-33,36-38,46H,7,22-24H2,1-6H3,(H,42,49)(H,43,47)(H,44,48)(H,45,50)(H,51,52)/t27-,32-,33-,36?,37?,38-/m0/s1. The van der Waals surface area contributed by atoms with Crippen molar-refractivity contribution in [3.63, 3.8) is 0 Å². The second kappa shape index (κ2) is 20.7. The lowest BCUT2D eigenvalue weighted by Crippen LogP contribution is -2.57. The van der Waals surface area contributed by atoms with Crippen molar-refractivity contribution in [1.29, 1.82) is 0 Å². The number of hydrogen-bond acceptors (Lipinski definition) is 7. The summed E-state index contributed by atoms with van der Waals surface area (Å²) in [5, 5.41) is 31.9. The fraction of sp³-hybridized carbons (Fsp3) is 0.439. The molecule has 6 atom stereocenters. The molecule has 0 aliphatic rings. The summed E-state index contributed by atoms with van der Waals surface area (Å²) in [6.07, 6.45) is -1.14. The number of para-hydroxylation sites is 1. The summed E-state index contributed by atoms with van der Waals surface area (Å²) < 4.78 is 5.89. The van der Waals surface area contributed by atoms with E-state index in [1.54, 1.807) is 58.9 Å². The predicted octanol–water partition coefficient (Wildman–Crippen LogP) is 4.40. The number of benzene rings is 3. The van der Waals surface area contributed by atoms with Crippen LogP contribution in [0.3, 0.4) is 0 Å². The van der Waals surface area contributed by atoms with E-state index in [-0.39, 0.29) is 36.5 Å². The van der Waals surface area contributed by atoms with Crippen LogP contribution in [0.5, 0.6) is 11.5 Å². The van der Waals surface area contributed by atoms with Crippen LogP contribution in [0.1, 0.15) is 65.5 Å². The minimum absolute atomic E-state index is 0.00592. The molecule has 0 aliphatic heterocycles. The van der Waals surface area contributed by atoms with Gasteiger partial charge in [-0.05, 0) is 59.6 Å². The van der Waals surface area contributed by atoms with Gasteiger partial charge in [0.2, 0.25) is 23.6 Å². The third-order valence-corrected chi connectivity index (χ3v) is 9.04. The van der Waals surface area contributed by atoms with Gasteiger partial charge in [0, 0.05) is 0 Å². The molecule has 3 aromatic rings. The van der Waals surface area contributed by atoms with E-state index in [1.165, 1.54) is 0 Å². The molecule has 0 aromatic heterocycles. The summed E-state index contributed by atoms with van der Waals surface area (Å²) in [6.45, 7) is 10.5. The van der Waals surface area contributed by atoms with Gasteiger partial charge < -0.3 is 36.2 Å². The van der Waals surface area contributed by atoms with Crippen molar-refractivity contribution < 1.29 is 38.9 Å². The van der Waals surface area contributed by atoms with Crippen molar-refractivity contribution >= 4 is 29.6 Å². The van der Waals surface area contributed by atoms with Crippen LogP contribution in [0.15, 0.2) is 84.9 Å². The molecule has 0 bridgehead atoms. The van der Waals surface area contributed by atoms with Crippen molar-refractivity contribution in [2.24, 2.45) is 17.8 Å². The van der Waals surface area contributed by atoms with Gasteiger partial charge in [0.1, 0.15) is 29.6 Å². The second-order valence-corrected chi connectivity index (χ2v) is 14.1. The van der Waals surface area contributed by atoms with Gasteiger partial charge >= 0.3 is 5.97 Å². The molecule has 4 amide bonds. The Morgan fingerprint density at radius 2 is 1.19 bits per heavy atom. The molecule has 12 nitrogen and oxygen atoms in total. The van der Waals surface area contributed by atoms with Gasteiger partial charge in [-0.15, -0.1) is 0 Å². The van der Waals surface area contributed by atoms with E-state index in [0.29, 0.717) is 23.5 Å². The molecule has 12 heteroatoms. The van der Waals surface area contributed by atoms with Crippen molar-refractivity contribution in [2.75, 3.05) is 0 Å². The van der Waals surface area contributed by atoms with Crippen LogP contribution in [0.2, 0.25) is 0 Å². The van der Waals surface area contributed by atoms with Gasteiger partial charge in [0.05, 0.1) is 25.0 Å². The number of aliphatic carboxylic acids is 1. The van der Waals surface area contributed by atoms with Gasteiger partial charge in [-0.1, -0.05) is 109 Å². The molecule has 0 radical (unpaired) electrons. The Bertz CT molecular complexity index is 1650. The first-order valence-electron chi connectivity index (χ1n) is 18.1. The predicted molar refractivity (Wildman–Crippen MR) is 202 cm³/mol. The molecule has 0 saturated carbocycles. The topological polar surface area (TPSA) is 183 Å². The number of ether oxygens (including phenoxy) is 1. The van der Waals surface area contributed by atoms with Gasteiger partial charge in [0.25, 0.3) is 0 Å². The van der Waals surface area contributed by atoms with E-state index in [0.717, 1.165) is 5.56 Å². The molecule has 3 aromatic carbocycles. The fourth-order valence-electron chi connectivity index (χ4n) is 5.74. The van der Waals surface area contributed by atoms with Gasteiger partial charge in [0.15, 0.2) is 0 Å². The zero-order valence-corrected chi connectivity index (χ0v) is 31.4. The summed E-state index contributed by atoms with van der Waals surface area (Å²) >= 11 is 0. The first kappa shape index (κ1) is 42.2. The third-order valence-electron chi connectivity index (χ3n) is 9.04. The Kier molecular flexibility index (Phi) is 16.5. The fourth-order valence-corrected chi connectivity index (χ4v) is 5.74. The molecule has 0 saturated heterocycles. The molecule has 2 unspecified atom stereocenters. The number of nitrogens with one attached hydrogen (secondary N) is 4. The molecule has 3 rings (SSSR count). The zero-order valence-electron chi connectivity index (χ0n) is 31.4. The normalized spacial score (nSPS) is 14.6. The number of carbonyl (C=O) groups is 5. The Morgan fingerprint density at radius 3 is 1.77 bits per heavy atom. The number of amides is 4. The Morgan fingerprint density at radius 1 is 0.642 bits per heavy atom. The first-order valence-corrected chi connectivity index (χ1v) is 18.1. The van der Waals surface area contributed by atoms with Crippen molar-refractivity contribution in [2.45, 2.75) is 97.5 Å². The molecule has 53 heavy (non-hydrogen) atoms. The van der Waals surface area contributed by atoms with Crippen molar-refractivity contribution in [3.8, 4) is 11.5 Å². The number of rotatable bonds is 20. The molecule has 0 heterocycles. The SMILES string of the molecule is CC[C@H](C)[C@H](NC(=O)C[C@H](O)[C@H](Cc1ccccc1)NC(=O)C(NC(=O)Cc1cccc(Oc2ccccc2)c1)C(C)C)C(=O)NC(C(=O)O)C(C)C. The quantitative estimate of drug-likeness (QED) is 0.0989. The van der Waals surface area contributed by atoms with Crippen LogP contribution in [-0.2, 0) is 36.8 Å². The van der Waals surface area contributed by atoms with Crippen LogP contribution in [0, 0.1) is 17.8 Å². The average molecular weight is 731 g/mol. The second-order valence-electron chi connectivity index (χ2n) is 14.1. The van der Waals surface area contributed by atoms with Gasteiger partial charge in [-0.2, -0.15) is 0 Å². The van der Waals surface area contributed by atoms with Crippen molar-refractivity contribution in [1.82, 2.24) is 21.3 Å². The van der Waals surface area contributed by atoms with Crippen molar-refractivity contribution in [3.05, 3.63) is 96.1 Å². The average Bonchev–Trinajstić information content (AvgIpc) is 3.11. The molecular weight excluding hydrogens is 676 g/mol. The number of aliphatic hydroxyl groups is 1. The molecular formula is C41H54N4O8. The number of carboxylic acid groups (broad SMARTS) is 1. The van der Waals surface area contributed by atoms with E-state index in [1.807, 2.05) is 67.6 Å². The largest absolute Gasteiger partial charge is 0.480 e. The monoisotopic (exact) mass is 730 g/mol. The number of carbonyl (C=O) groups excluding carboxylic acids is 4. The Hall–Kier alpha value is -5.23. The molecule has 286 valence electrons. The summed E-state index contributed by atoms with van der Waals surface area (Å²) in [7, 11) is 0. The van der Waals surface area contributed by atoms with Crippen LogP contribution < -0.4 is 26.0 Å². The molecule has 6 N–H and O–H groups in total. The van der Waals surface area contributed by atoms with E-state index in [2.05, 4.69) is 21.3 Å². The smallest absolute Gasteiger partial charge is 0.326 e. The highest BCUT2D eigenvalue weighted by atomic mass is 16.5. The summed E-state index contributed by atoms with van der Waals surface area (Å²) in [4.78, 5) is 65.2. The highest BCUT2D eigenvalue weighted by Crippen LogP contribution is 2.22. The van der Waals surface area contributed by atoms with Crippen LogP contribution in [0.25, 0.3) is 0 Å². The van der Waals surface area contributed by atoms with Crippen LogP contribution in [-0.4, -0.2) is 70.1 Å². The highest BCUT2D eigenvalue weighted by molar-refractivity contribution is 5.91. The third kappa shape index (κ3) is 13.7. The highest BCUT2D eigenvalue weighted by Gasteiger charge is 2.34. The number of hydrogen-bond donors (Lipinski definition) is 6. The van der Waals surface area contributed by atoms with E-state index in [4.69, 9.17) is 4.74 Å². The molecule has 0 fully saturated rings. The lowest BCUT2D eigenvalue weighted by Gasteiger charge is -2.30. The Balaban J connectivity index is 1.72. The maximum atomic E-state index is 13.8. The lowest BCUT2D eigenvalue weighted by atomic mass is 9.95. The van der Waals surface area contributed by atoms with E-state index < -0.39 is 60.4 Å². The summed E-state index contributed by atoms with van der Waals surface area (Å²) in [5.74, 6) is -3.20. The maximum Gasteiger partial charge on any atom is 0.326 e. The molecule has 0 aliphatic carbocycles. The zero-order chi connectivity index (χ0) is 39.1. The van der Waals surface area contributed by atoms with Gasteiger partial charge in [-0.3, -0.25) is 19.2 Å². The number of aliphatic hydroxyl groups excluding tert-OH is 1. The lowest BCUT2D eigenvalue weighted by molar-refractivity contribution is -0.143. The van der Waals surface area contributed by atoms with Gasteiger partial charge in [-0.25, -0.2) is 4.79 Å². The van der Waals surface area contributed by atoms with E-state index in [9.17, 15) is 34.2 Å². The minimum Gasteiger partial charge on any atom is -0.480 e. The van der Waals surface area contributed by atoms with Crippen LogP contribution in [0.4, 0.5) is 0 Å². The summed E-state index contributed by atoms with van der Waals surface area (Å²) in [5.41, 5.74) is 1.49. The maximum absolute atomic E-state index is 13.8. The van der Waals surface area contributed by atoms with E-state index >= 15 is 0 Å². The number of carboxylic acids is 1. The van der Waals surface area contributed by atoms with Crippen LogP contribution >= 0.6 is 0 Å².